The van der Waals surface area contributed by atoms with Crippen LogP contribution in [-0.2, 0) is 9.89 Å². The molecule has 0 aromatic rings. The molecule has 1 unspecified atom stereocenters. The maximum atomic E-state index is 10.8. The van der Waals surface area contributed by atoms with Gasteiger partial charge in [-0.15, -0.1) is 0 Å². The third-order valence-electron chi connectivity index (χ3n) is 1.22. The number of hydrogen-bond donors (Lipinski definition) is 2. The molecule has 11 heavy (non-hydrogen) atoms. The molecule has 0 saturated carbocycles. The molecule has 0 aromatic carbocycles. The summed E-state index contributed by atoms with van der Waals surface area (Å²) in [6.45, 7) is 7.02. The highest BCUT2D eigenvalue weighted by atomic mass is 32.2. The SMILES string of the molecule is C=S(N)(=O)NCCC(C)(C)C. The first-order valence-electron chi connectivity index (χ1n) is 3.60. The van der Waals surface area contributed by atoms with Gasteiger partial charge in [0.15, 0.2) is 0 Å². The molecule has 0 aliphatic rings. The van der Waals surface area contributed by atoms with E-state index in [4.69, 9.17) is 5.14 Å². The highest BCUT2D eigenvalue weighted by molar-refractivity contribution is 7.96. The van der Waals surface area contributed by atoms with Gasteiger partial charge in [-0.3, -0.25) is 0 Å². The Kier molecular flexibility index (Phi) is 3.54. The van der Waals surface area contributed by atoms with Crippen molar-refractivity contribution in [2.75, 3.05) is 6.54 Å². The van der Waals surface area contributed by atoms with Gasteiger partial charge in [0, 0.05) is 6.54 Å². The molecule has 3 nitrogen and oxygen atoms in total. The van der Waals surface area contributed by atoms with E-state index < -0.39 is 9.89 Å². The van der Waals surface area contributed by atoms with Gasteiger partial charge in [-0.25, -0.2) is 14.1 Å². The largest absolute Gasteiger partial charge is 0.248 e. The Bertz CT molecular complexity index is 201. The molecule has 0 aliphatic carbocycles. The van der Waals surface area contributed by atoms with Crippen molar-refractivity contribution in [3.8, 4) is 0 Å². The minimum Gasteiger partial charge on any atom is -0.248 e. The van der Waals surface area contributed by atoms with E-state index in [-0.39, 0.29) is 5.41 Å². The van der Waals surface area contributed by atoms with Gasteiger partial charge in [0.05, 0.1) is 9.89 Å². The quantitative estimate of drug-likeness (QED) is 0.608. The molecule has 0 saturated heterocycles. The first kappa shape index (κ1) is 10.9. The van der Waals surface area contributed by atoms with Crippen LogP contribution in [0.25, 0.3) is 0 Å². The monoisotopic (exact) mass is 178 g/mol. The zero-order valence-electron chi connectivity index (χ0n) is 7.52. The summed E-state index contributed by atoms with van der Waals surface area (Å²) in [6.07, 6.45) is 0.941. The number of nitrogens with one attached hydrogen (secondary N) is 1. The van der Waals surface area contributed by atoms with Crippen molar-refractivity contribution in [1.82, 2.24) is 4.72 Å². The Morgan fingerprint density at radius 3 is 2.27 bits per heavy atom. The van der Waals surface area contributed by atoms with Crippen LogP contribution in [-0.4, -0.2) is 16.6 Å². The van der Waals surface area contributed by atoms with E-state index in [1.807, 2.05) is 0 Å². The van der Waals surface area contributed by atoms with Crippen LogP contribution in [0.3, 0.4) is 0 Å². The van der Waals surface area contributed by atoms with Gasteiger partial charge in [0.25, 0.3) is 0 Å². The van der Waals surface area contributed by atoms with Gasteiger partial charge in [-0.2, -0.15) is 0 Å². The standard InChI is InChI=1S/C7H18N2OS/c1-7(2,3)5-6-9-11(4,8)10/h4-6H2,1-3H3,(H3,8,9,10). The molecule has 0 radical (unpaired) electrons. The van der Waals surface area contributed by atoms with Gasteiger partial charge >= 0.3 is 0 Å². The second-order valence-electron chi connectivity index (χ2n) is 3.93. The minimum atomic E-state index is -2.50. The van der Waals surface area contributed by atoms with Crippen LogP contribution in [0.15, 0.2) is 0 Å². The lowest BCUT2D eigenvalue weighted by Crippen LogP contribution is -2.32. The number of nitrogens with two attached hydrogens (primary N) is 1. The van der Waals surface area contributed by atoms with E-state index in [0.717, 1.165) is 6.42 Å². The third-order valence-corrected chi connectivity index (χ3v) is 1.91. The fourth-order valence-electron chi connectivity index (χ4n) is 0.599. The van der Waals surface area contributed by atoms with Crippen molar-refractivity contribution >= 4 is 15.8 Å². The topological polar surface area (TPSA) is 55.1 Å². The lowest BCUT2D eigenvalue weighted by Gasteiger charge is -2.18. The van der Waals surface area contributed by atoms with E-state index in [9.17, 15) is 4.21 Å². The van der Waals surface area contributed by atoms with Gasteiger partial charge < -0.3 is 0 Å². The lowest BCUT2D eigenvalue weighted by atomic mass is 9.93. The molecule has 0 amide bonds. The van der Waals surface area contributed by atoms with Crippen LogP contribution >= 0.6 is 0 Å². The van der Waals surface area contributed by atoms with E-state index in [0.29, 0.717) is 6.54 Å². The molecular formula is C7H18N2OS. The average molecular weight is 178 g/mol. The highest BCUT2D eigenvalue weighted by Gasteiger charge is 2.09. The molecule has 1 atom stereocenters. The summed E-state index contributed by atoms with van der Waals surface area (Å²) in [7, 11) is -2.50. The summed E-state index contributed by atoms with van der Waals surface area (Å²) < 4.78 is 13.5. The molecule has 0 rings (SSSR count). The number of hydrogen-bond acceptors (Lipinski definition) is 1. The summed E-state index contributed by atoms with van der Waals surface area (Å²) in [5, 5.41) is 5.17. The predicted molar refractivity (Wildman–Crippen MR) is 51.5 cm³/mol. The number of rotatable bonds is 3. The van der Waals surface area contributed by atoms with Crippen LogP contribution in [0, 0.1) is 5.41 Å². The van der Waals surface area contributed by atoms with E-state index in [2.05, 4.69) is 31.4 Å². The fraction of sp³-hybridized carbons (Fsp3) is 0.857. The Morgan fingerprint density at radius 2 is 2.00 bits per heavy atom. The summed E-state index contributed by atoms with van der Waals surface area (Å²) in [4.78, 5) is 0. The van der Waals surface area contributed by atoms with Crippen LogP contribution in [0.1, 0.15) is 27.2 Å². The third kappa shape index (κ3) is 9.94. The van der Waals surface area contributed by atoms with Crippen molar-refractivity contribution < 1.29 is 4.21 Å². The van der Waals surface area contributed by atoms with Gasteiger partial charge in [0.1, 0.15) is 0 Å². The average Bonchev–Trinajstić information content (AvgIpc) is 1.55. The smallest absolute Gasteiger partial charge is 0.0825 e. The zero-order chi connectivity index (χ0) is 9.12. The molecule has 68 valence electrons. The molecule has 0 fully saturated rings. The summed E-state index contributed by atoms with van der Waals surface area (Å²) in [5.41, 5.74) is 0.248. The normalized spacial score (nSPS) is 17.8. The maximum absolute atomic E-state index is 10.8. The van der Waals surface area contributed by atoms with Crippen LogP contribution in [0.2, 0.25) is 0 Å². The zero-order valence-corrected chi connectivity index (χ0v) is 8.33. The Hall–Kier alpha value is -0.0600. The first-order valence-corrected chi connectivity index (χ1v) is 5.39. The fourth-order valence-corrected chi connectivity index (χ4v) is 1.05. The molecule has 0 aromatic heterocycles. The van der Waals surface area contributed by atoms with Crippen LogP contribution < -0.4 is 9.86 Å². The molecule has 0 heterocycles. The van der Waals surface area contributed by atoms with Gasteiger partial charge in [-0.05, 0) is 17.7 Å². The van der Waals surface area contributed by atoms with Crippen molar-refractivity contribution in [2.45, 2.75) is 27.2 Å². The lowest BCUT2D eigenvalue weighted by molar-refractivity contribution is 0.379. The minimum absolute atomic E-state index is 0.248. The van der Waals surface area contributed by atoms with Crippen molar-refractivity contribution in [1.29, 1.82) is 0 Å². The molecule has 3 N–H and O–H groups in total. The van der Waals surface area contributed by atoms with Gasteiger partial charge in [0.2, 0.25) is 0 Å². The van der Waals surface area contributed by atoms with Crippen molar-refractivity contribution in [3.05, 3.63) is 0 Å². The Labute approximate surface area is 69.6 Å². The molecule has 4 heteroatoms. The second-order valence-corrected chi connectivity index (χ2v) is 5.67. The van der Waals surface area contributed by atoms with Crippen molar-refractivity contribution in [3.63, 3.8) is 0 Å². The van der Waals surface area contributed by atoms with E-state index >= 15 is 0 Å². The summed E-state index contributed by atoms with van der Waals surface area (Å²) >= 11 is 0. The first-order chi connectivity index (χ1) is 4.71. The van der Waals surface area contributed by atoms with E-state index in [1.165, 1.54) is 0 Å². The van der Waals surface area contributed by atoms with E-state index in [1.54, 1.807) is 0 Å². The van der Waals surface area contributed by atoms with Crippen LogP contribution in [0.5, 0.6) is 0 Å². The van der Waals surface area contributed by atoms with Crippen molar-refractivity contribution in [2.24, 2.45) is 10.6 Å². The van der Waals surface area contributed by atoms with Crippen LogP contribution in [0.4, 0.5) is 0 Å². The summed E-state index contributed by atoms with van der Waals surface area (Å²) in [6, 6.07) is 0. The highest BCUT2D eigenvalue weighted by Crippen LogP contribution is 2.16. The predicted octanol–water partition coefficient (Wildman–Crippen LogP) is 0.517. The summed E-state index contributed by atoms with van der Waals surface area (Å²) in [5.74, 6) is 3.28. The Balaban J connectivity index is 3.61. The second kappa shape index (κ2) is 3.56. The molecule has 0 aliphatic heterocycles. The molecule has 0 bridgehead atoms. The van der Waals surface area contributed by atoms with Gasteiger partial charge in [-0.1, -0.05) is 20.8 Å². The molecular weight excluding hydrogens is 160 g/mol. The molecule has 0 spiro atoms. The Morgan fingerprint density at radius 1 is 1.55 bits per heavy atom. The maximum Gasteiger partial charge on any atom is 0.0825 e.